The summed E-state index contributed by atoms with van der Waals surface area (Å²) in [5.74, 6) is 0.576. The van der Waals surface area contributed by atoms with Crippen molar-refractivity contribution in [3.05, 3.63) is 34.9 Å². The van der Waals surface area contributed by atoms with Gasteiger partial charge >= 0.3 is 0 Å². The summed E-state index contributed by atoms with van der Waals surface area (Å²) < 4.78 is 0. The zero-order valence-corrected chi connectivity index (χ0v) is 12.9. The Kier molecular flexibility index (Phi) is 6.32. The Morgan fingerprint density at radius 1 is 1.32 bits per heavy atom. The van der Waals surface area contributed by atoms with Crippen LogP contribution in [0.1, 0.15) is 26.3 Å². The van der Waals surface area contributed by atoms with Crippen molar-refractivity contribution in [1.82, 2.24) is 10.2 Å². The molecule has 0 fully saturated rings. The molecule has 0 heterocycles. The summed E-state index contributed by atoms with van der Waals surface area (Å²) in [6.45, 7) is 7.58. The first kappa shape index (κ1) is 16.0. The van der Waals surface area contributed by atoms with E-state index in [1.165, 1.54) is 0 Å². The van der Waals surface area contributed by atoms with Crippen molar-refractivity contribution in [2.24, 2.45) is 5.92 Å². The van der Waals surface area contributed by atoms with Crippen molar-refractivity contribution < 1.29 is 4.79 Å². The Morgan fingerprint density at radius 2 is 1.95 bits per heavy atom. The van der Waals surface area contributed by atoms with Gasteiger partial charge in [-0.25, -0.2) is 0 Å². The largest absolute Gasteiger partial charge is 0.351 e. The van der Waals surface area contributed by atoms with Crippen LogP contribution in [0.25, 0.3) is 0 Å². The number of carbonyl (C=O) groups is 1. The van der Waals surface area contributed by atoms with E-state index in [1.54, 1.807) is 0 Å². The van der Waals surface area contributed by atoms with Crippen molar-refractivity contribution in [1.29, 1.82) is 0 Å². The number of likely N-dealkylation sites (N-methyl/N-ethyl adjacent to an activating group) is 1. The molecule has 3 nitrogen and oxygen atoms in total. The molecule has 0 unspecified atom stereocenters. The van der Waals surface area contributed by atoms with Crippen molar-refractivity contribution in [2.45, 2.75) is 33.4 Å². The van der Waals surface area contributed by atoms with Gasteiger partial charge in [-0.2, -0.15) is 0 Å². The first-order valence-electron chi connectivity index (χ1n) is 6.63. The summed E-state index contributed by atoms with van der Waals surface area (Å²) in [7, 11) is 1.97. The maximum absolute atomic E-state index is 12.1. The lowest BCUT2D eigenvalue weighted by atomic mass is 10.1. The van der Waals surface area contributed by atoms with Gasteiger partial charge in [0, 0.05) is 18.1 Å². The van der Waals surface area contributed by atoms with Crippen molar-refractivity contribution in [2.75, 3.05) is 13.6 Å². The van der Waals surface area contributed by atoms with Gasteiger partial charge in [0.25, 0.3) is 0 Å². The number of hydrogen-bond acceptors (Lipinski definition) is 2. The van der Waals surface area contributed by atoms with Crippen LogP contribution in [0, 0.1) is 5.92 Å². The topological polar surface area (TPSA) is 32.3 Å². The highest BCUT2D eigenvalue weighted by molar-refractivity contribution is 6.31. The molecular weight excluding hydrogens is 260 g/mol. The maximum atomic E-state index is 12.1. The number of rotatable bonds is 6. The van der Waals surface area contributed by atoms with Crippen LogP contribution in [0.3, 0.4) is 0 Å². The van der Waals surface area contributed by atoms with Crippen molar-refractivity contribution in [3.8, 4) is 0 Å². The number of halogens is 1. The van der Waals surface area contributed by atoms with Crippen LogP contribution >= 0.6 is 11.6 Å². The summed E-state index contributed by atoms with van der Waals surface area (Å²) in [6.07, 6.45) is 0. The fourth-order valence-corrected chi connectivity index (χ4v) is 2.11. The molecule has 0 radical (unpaired) electrons. The van der Waals surface area contributed by atoms with E-state index in [9.17, 15) is 4.79 Å². The average Bonchev–Trinajstić information content (AvgIpc) is 2.35. The monoisotopic (exact) mass is 282 g/mol. The Bertz CT molecular complexity index is 420. The number of hydrogen-bond donors (Lipinski definition) is 1. The molecular formula is C15H23ClN2O. The van der Waals surface area contributed by atoms with E-state index in [4.69, 9.17) is 11.6 Å². The first-order valence-corrected chi connectivity index (χ1v) is 7.01. The zero-order chi connectivity index (χ0) is 14.4. The van der Waals surface area contributed by atoms with Gasteiger partial charge in [0.15, 0.2) is 0 Å². The summed E-state index contributed by atoms with van der Waals surface area (Å²) in [5.41, 5.74) is 0.941. The highest BCUT2D eigenvalue weighted by Crippen LogP contribution is 2.14. The van der Waals surface area contributed by atoms with E-state index < -0.39 is 0 Å². The highest BCUT2D eigenvalue weighted by Gasteiger charge is 2.18. The van der Waals surface area contributed by atoms with Crippen LogP contribution in [-0.4, -0.2) is 30.4 Å². The highest BCUT2D eigenvalue weighted by atomic mass is 35.5. The molecule has 0 aromatic heterocycles. The number of carbonyl (C=O) groups excluding carboxylic acids is 1. The van der Waals surface area contributed by atoms with E-state index >= 15 is 0 Å². The molecule has 0 spiro atoms. The molecule has 0 aliphatic heterocycles. The molecule has 19 heavy (non-hydrogen) atoms. The second-order valence-electron chi connectivity index (χ2n) is 5.32. The third kappa shape index (κ3) is 5.21. The van der Waals surface area contributed by atoms with Crippen LogP contribution in [0.4, 0.5) is 0 Å². The Labute approximate surface area is 120 Å². The summed E-state index contributed by atoms with van der Waals surface area (Å²) >= 11 is 6.06. The lowest BCUT2D eigenvalue weighted by molar-refractivity contribution is -0.125. The maximum Gasteiger partial charge on any atom is 0.237 e. The van der Waals surface area contributed by atoms with Gasteiger partial charge in [-0.05, 0) is 31.5 Å². The molecule has 4 heteroatoms. The molecule has 106 valence electrons. The van der Waals surface area contributed by atoms with Crippen LogP contribution in [0.15, 0.2) is 24.3 Å². The smallest absolute Gasteiger partial charge is 0.237 e. The van der Waals surface area contributed by atoms with Gasteiger partial charge in [-0.1, -0.05) is 43.6 Å². The van der Waals surface area contributed by atoms with Gasteiger partial charge in [-0.15, -0.1) is 0 Å². The number of amides is 1. The Balaban J connectivity index is 2.49. The lowest BCUT2D eigenvalue weighted by Crippen LogP contribution is -2.44. The number of benzene rings is 1. The van der Waals surface area contributed by atoms with Crippen molar-refractivity contribution >= 4 is 17.5 Å². The van der Waals surface area contributed by atoms with E-state index in [1.807, 2.05) is 38.2 Å². The minimum Gasteiger partial charge on any atom is -0.351 e. The van der Waals surface area contributed by atoms with Gasteiger partial charge in [0.2, 0.25) is 5.91 Å². The summed E-state index contributed by atoms with van der Waals surface area (Å²) in [6, 6.07) is 7.42. The minimum atomic E-state index is -0.134. The summed E-state index contributed by atoms with van der Waals surface area (Å²) in [4.78, 5) is 14.1. The predicted octanol–water partition coefficient (Wildman–Crippen LogP) is 2.93. The fraction of sp³-hybridized carbons (Fsp3) is 0.533. The SMILES string of the molecule is CC(C)CN(C)[C@@H](C)C(=O)NCc1ccccc1Cl. The Morgan fingerprint density at radius 3 is 2.53 bits per heavy atom. The zero-order valence-electron chi connectivity index (χ0n) is 12.1. The van der Waals surface area contributed by atoms with E-state index in [0.29, 0.717) is 17.5 Å². The van der Waals surface area contributed by atoms with Gasteiger partial charge < -0.3 is 5.32 Å². The molecule has 0 aliphatic carbocycles. The molecule has 1 aromatic rings. The van der Waals surface area contributed by atoms with E-state index in [0.717, 1.165) is 12.1 Å². The number of nitrogens with zero attached hydrogens (tertiary/aromatic N) is 1. The molecule has 0 aliphatic rings. The standard InChI is InChI=1S/C15H23ClN2O/c1-11(2)10-18(4)12(3)15(19)17-9-13-7-5-6-8-14(13)16/h5-8,11-12H,9-10H2,1-4H3,(H,17,19)/t12-/m0/s1. The Hall–Kier alpha value is -1.06. The van der Waals surface area contributed by atoms with Gasteiger partial charge in [0.05, 0.1) is 6.04 Å². The molecule has 1 atom stereocenters. The molecule has 1 N–H and O–H groups in total. The van der Waals surface area contributed by atoms with E-state index in [-0.39, 0.29) is 11.9 Å². The van der Waals surface area contributed by atoms with Crippen LogP contribution in [-0.2, 0) is 11.3 Å². The molecule has 1 aromatic carbocycles. The molecule has 1 amide bonds. The quantitative estimate of drug-likeness (QED) is 0.870. The average molecular weight is 283 g/mol. The molecule has 0 saturated heterocycles. The third-order valence-corrected chi connectivity index (χ3v) is 3.47. The molecule has 1 rings (SSSR count). The minimum absolute atomic E-state index is 0.0306. The first-order chi connectivity index (χ1) is 8.91. The summed E-state index contributed by atoms with van der Waals surface area (Å²) in [5, 5.41) is 3.61. The van der Waals surface area contributed by atoms with Gasteiger partial charge in [-0.3, -0.25) is 9.69 Å². The van der Waals surface area contributed by atoms with Crippen molar-refractivity contribution in [3.63, 3.8) is 0 Å². The normalized spacial score (nSPS) is 12.8. The third-order valence-electron chi connectivity index (χ3n) is 3.10. The number of nitrogens with one attached hydrogen (secondary N) is 1. The fourth-order valence-electron chi connectivity index (χ4n) is 1.91. The second kappa shape index (κ2) is 7.51. The lowest BCUT2D eigenvalue weighted by Gasteiger charge is -2.25. The van der Waals surface area contributed by atoms with Crippen LogP contribution in [0.5, 0.6) is 0 Å². The van der Waals surface area contributed by atoms with Crippen LogP contribution < -0.4 is 5.32 Å². The van der Waals surface area contributed by atoms with Crippen LogP contribution in [0.2, 0.25) is 5.02 Å². The van der Waals surface area contributed by atoms with E-state index in [2.05, 4.69) is 24.1 Å². The van der Waals surface area contributed by atoms with Gasteiger partial charge in [0.1, 0.15) is 0 Å². The predicted molar refractivity (Wildman–Crippen MR) is 80.2 cm³/mol. The second-order valence-corrected chi connectivity index (χ2v) is 5.73. The molecule has 0 saturated carbocycles. The molecule has 0 bridgehead atoms.